The van der Waals surface area contributed by atoms with E-state index in [4.69, 9.17) is 4.74 Å². The highest BCUT2D eigenvalue weighted by Gasteiger charge is 2.13. The number of ether oxygens (including phenoxy) is 1. The van der Waals surface area contributed by atoms with Crippen molar-refractivity contribution in [3.05, 3.63) is 29.3 Å². The lowest BCUT2D eigenvalue weighted by Gasteiger charge is -2.32. The maximum absolute atomic E-state index is 11.0. The number of carbonyl (C=O) groups excluding carboxylic acids is 1. The molecule has 0 N–H and O–H groups in total. The summed E-state index contributed by atoms with van der Waals surface area (Å²) in [5.41, 5.74) is 1.71. The Hall–Kier alpha value is -1.39. The molecule has 19 heavy (non-hydrogen) atoms. The zero-order valence-electron chi connectivity index (χ0n) is 11.8. The normalized spacial score (nSPS) is 17.4. The van der Waals surface area contributed by atoms with E-state index >= 15 is 0 Å². The van der Waals surface area contributed by atoms with Gasteiger partial charge in [0, 0.05) is 32.7 Å². The van der Waals surface area contributed by atoms with Crippen molar-refractivity contribution in [1.82, 2.24) is 9.80 Å². The highest BCUT2D eigenvalue weighted by Crippen LogP contribution is 2.18. The maximum atomic E-state index is 11.0. The minimum Gasteiger partial charge on any atom is -0.492 e. The standard InChI is InChI=1S/C15H22N2O2/c1-13-3-4-15(14(11-13)12-18)19-10-9-17-7-5-16(2)6-8-17/h3-4,11-12H,5-10H2,1-2H3. The van der Waals surface area contributed by atoms with Crippen LogP contribution in [-0.4, -0.2) is 62.5 Å². The lowest BCUT2D eigenvalue weighted by atomic mass is 10.1. The minimum absolute atomic E-state index is 0.633. The first-order valence-electron chi connectivity index (χ1n) is 6.78. The topological polar surface area (TPSA) is 32.8 Å². The van der Waals surface area contributed by atoms with Crippen molar-refractivity contribution < 1.29 is 9.53 Å². The summed E-state index contributed by atoms with van der Waals surface area (Å²) in [6, 6.07) is 5.71. The van der Waals surface area contributed by atoms with Crippen molar-refractivity contribution in [2.75, 3.05) is 46.4 Å². The Morgan fingerprint density at radius 2 is 2.00 bits per heavy atom. The molecule has 1 heterocycles. The smallest absolute Gasteiger partial charge is 0.153 e. The molecule has 0 saturated carbocycles. The number of hydrogen-bond acceptors (Lipinski definition) is 4. The summed E-state index contributed by atoms with van der Waals surface area (Å²) >= 11 is 0. The van der Waals surface area contributed by atoms with Gasteiger partial charge in [0.25, 0.3) is 0 Å². The fourth-order valence-corrected chi connectivity index (χ4v) is 2.25. The molecule has 104 valence electrons. The lowest BCUT2D eigenvalue weighted by molar-refractivity contribution is 0.111. The van der Waals surface area contributed by atoms with E-state index in [1.807, 2.05) is 25.1 Å². The zero-order chi connectivity index (χ0) is 13.7. The van der Waals surface area contributed by atoms with E-state index in [9.17, 15) is 4.79 Å². The van der Waals surface area contributed by atoms with E-state index < -0.39 is 0 Å². The minimum atomic E-state index is 0.633. The Balaban J connectivity index is 1.81. The summed E-state index contributed by atoms with van der Waals surface area (Å²) in [5, 5.41) is 0. The number of aldehydes is 1. The first-order valence-corrected chi connectivity index (χ1v) is 6.78. The molecular weight excluding hydrogens is 240 g/mol. The molecule has 4 nitrogen and oxygen atoms in total. The van der Waals surface area contributed by atoms with Gasteiger partial charge in [-0.05, 0) is 26.1 Å². The van der Waals surface area contributed by atoms with Crippen LogP contribution in [0.4, 0.5) is 0 Å². The molecule has 0 aliphatic carbocycles. The van der Waals surface area contributed by atoms with Crippen LogP contribution >= 0.6 is 0 Å². The molecule has 0 unspecified atom stereocenters. The summed E-state index contributed by atoms with van der Waals surface area (Å²) in [7, 11) is 2.15. The number of hydrogen-bond donors (Lipinski definition) is 0. The van der Waals surface area contributed by atoms with Gasteiger partial charge in [0.2, 0.25) is 0 Å². The van der Waals surface area contributed by atoms with Gasteiger partial charge in [0.05, 0.1) is 5.56 Å². The summed E-state index contributed by atoms with van der Waals surface area (Å²) < 4.78 is 5.73. The second kappa shape index (κ2) is 6.68. The molecule has 1 aliphatic rings. The molecule has 0 atom stereocenters. The highest BCUT2D eigenvalue weighted by molar-refractivity contribution is 5.79. The number of aryl methyl sites for hydroxylation is 1. The van der Waals surface area contributed by atoms with Gasteiger partial charge in [-0.25, -0.2) is 0 Å². The number of likely N-dealkylation sites (N-methyl/N-ethyl adjacent to an activating group) is 1. The predicted octanol–water partition coefficient (Wildman–Crippen LogP) is 1.43. The molecule has 1 aromatic rings. The van der Waals surface area contributed by atoms with Crippen LogP contribution in [0, 0.1) is 6.92 Å². The van der Waals surface area contributed by atoms with Crippen LogP contribution in [-0.2, 0) is 0 Å². The average molecular weight is 262 g/mol. The van der Waals surface area contributed by atoms with Gasteiger partial charge in [-0.1, -0.05) is 11.6 Å². The van der Waals surface area contributed by atoms with Gasteiger partial charge in [-0.15, -0.1) is 0 Å². The molecule has 1 aliphatic heterocycles. The van der Waals surface area contributed by atoms with Crippen LogP contribution < -0.4 is 4.74 Å². The van der Waals surface area contributed by atoms with Gasteiger partial charge in [-0.2, -0.15) is 0 Å². The second-order valence-electron chi connectivity index (χ2n) is 5.15. The Kier molecular flexibility index (Phi) is 4.93. The summed E-state index contributed by atoms with van der Waals surface area (Å²) in [6.07, 6.45) is 0.859. The first kappa shape index (κ1) is 14.0. The SMILES string of the molecule is Cc1ccc(OCCN2CCN(C)CC2)c(C=O)c1. The number of benzene rings is 1. The molecule has 0 aromatic heterocycles. The van der Waals surface area contributed by atoms with E-state index in [2.05, 4.69) is 16.8 Å². The van der Waals surface area contributed by atoms with Gasteiger partial charge >= 0.3 is 0 Å². The van der Waals surface area contributed by atoms with Crippen LogP contribution in [0.15, 0.2) is 18.2 Å². The van der Waals surface area contributed by atoms with Crippen molar-refractivity contribution in [3.8, 4) is 5.75 Å². The molecule has 1 fully saturated rings. The van der Waals surface area contributed by atoms with E-state index in [1.54, 1.807) is 0 Å². The Morgan fingerprint density at radius 1 is 1.26 bits per heavy atom. The number of rotatable bonds is 5. The molecule has 0 spiro atoms. The van der Waals surface area contributed by atoms with Gasteiger partial charge in [-0.3, -0.25) is 9.69 Å². The van der Waals surface area contributed by atoms with Crippen molar-refractivity contribution in [2.45, 2.75) is 6.92 Å². The molecule has 1 aromatic carbocycles. The van der Waals surface area contributed by atoms with E-state index in [1.165, 1.54) is 0 Å². The third-order valence-electron chi connectivity index (χ3n) is 3.55. The molecule has 4 heteroatoms. The quantitative estimate of drug-likeness (QED) is 0.752. The number of carbonyl (C=O) groups is 1. The van der Waals surface area contributed by atoms with E-state index in [0.29, 0.717) is 17.9 Å². The highest BCUT2D eigenvalue weighted by atomic mass is 16.5. The van der Waals surface area contributed by atoms with Crippen molar-refractivity contribution in [3.63, 3.8) is 0 Å². The second-order valence-corrected chi connectivity index (χ2v) is 5.15. The van der Waals surface area contributed by atoms with Gasteiger partial charge in [0.15, 0.2) is 6.29 Å². The predicted molar refractivity (Wildman–Crippen MR) is 76.0 cm³/mol. The summed E-state index contributed by atoms with van der Waals surface area (Å²) in [4.78, 5) is 15.7. The van der Waals surface area contributed by atoms with Crippen molar-refractivity contribution in [2.24, 2.45) is 0 Å². The third-order valence-corrected chi connectivity index (χ3v) is 3.55. The van der Waals surface area contributed by atoms with E-state index in [0.717, 1.165) is 44.6 Å². The monoisotopic (exact) mass is 262 g/mol. The molecule has 0 bridgehead atoms. The van der Waals surface area contributed by atoms with Crippen LogP contribution in [0.1, 0.15) is 15.9 Å². The van der Waals surface area contributed by atoms with Crippen LogP contribution in [0.3, 0.4) is 0 Å². The summed E-state index contributed by atoms with van der Waals surface area (Å²) in [5.74, 6) is 0.690. The third kappa shape index (κ3) is 4.04. The van der Waals surface area contributed by atoms with Crippen LogP contribution in [0.5, 0.6) is 5.75 Å². The number of piperazine rings is 1. The Bertz CT molecular complexity index is 426. The summed E-state index contributed by atoms with van der Waals surface area (Å²) in [6.45, 7) is 7.94. The molecular formula is C15H22N2O2. The average Bonchev–Trinajstić information content (AvgIpc) is 2.42. The van der Waals surface area contributed by atoms with Crippen LogP contribution in [0.25, 0.3) is 0 Å². The van der Waals surface area contributed by atoms with Crippen molar-refractivity contribution in [1.29, 1.82) is 0 Å². The largest absolute Gasteiger partial charge is 0.492 e. The van der Waals surface area contributed by atoms with E-state index in [-0.39, 0.29) is 0 Å². The maximum Gasteiger partial charge on any atom is 0.153 e. The molecule has 1 saturated heterocycles. The fraction of sp³-hybridized carbons (Fsp3) is 0.533. The van der Waals surface area contributed by atoms with Crippen molar-refractivity contribution >= 4 is 6.29 Å². The Labute approximate surface area is 115 Å². The zero-order valence-corrected chi connectivity index (χ0v) is 11.8. The van der Waals surface area contributed by atoms with Crippen LogP contribution in [0.2, 0.25) is 0 Å². The molecule has 0 amide bonds. The molecule has 0 radical (unpaired) electrons. The fourth-order valence-electron chi connectivity index (χ4n) is 2.25. The lowest BCUT2D eigenvalue weighted by Crippen LogP contribution is -2.45. The number of nitrogens with zero attached hydrogens (tertiary/aromatic N) is 2. The van der Waals surface area contributed by atoms with Gasteiger partial charge in [0.1, 0.15) is 12.4 Å². The van der Waals surface area contributed by atoms with Gasteiger partial charge < -0.3 is 9.64 Å². The Morgan fingerprint density at radius 3 is 2.68 bits per heavy atom. The first-order chi connectivity index (χ1) is 9.19. The molecule has 2 rings (SSSR count).